The van der Waals surface area contributed by atoms with E-state index in [-0.39, 0.29) is 40.0 Å². The van der Waals surface area contributed by atoms with E-state index in [1.807, 2.05) is 0 Å². The number of amides is 3. The number of benzene rings is 1. The Labute approximate surface area is 211 Å². The minimum absolute atomic E-state index is 0.0865. The normalized spacial score (nSPS) is 17.1. The number of hydrogen-bond donors (Lipinski definition) is 2. The minimum atomic E-state index is -4.10. The maximum atomic E-state index is 14.9. The number of rotatable bonds is 10. The van der Waals surface area contributed by atoms with Crippen LogP contribution in [0.2, 0.25) is 0 Å². The Bertz CT molecular complexity index is 1260. The molecule has 1 aliphatic carbocycles. The Morgan fingerprint density at radius 2 is 2.00 bits per heavy atom. The van der Waals surface area contributed by atoms with E-state index in [0.717, 1.165) is 30.2 Å². The second-order valence-corrected chi connectivity index (χ2v) is 11.8. The molecule has 2 aliphatic rings. The summed E-state index contributed by atoms with van der Waals surface area (Å²) in [6.45, 7) is 0.825. The number of sulfone groups is 1. The van der Waals surface area contributed by atoms with Gasteiger partial charge in [-0.1, -0.05) is 0 Å². The van der Waals surface area contributed by atoms with E-state index < -0.39 is 44.4 Å². The number of methoxy groups -OCH3 is 1. The molecule has 1 aromatic carbocycles. The number of fused-ring (bicyclic) bond motifs is 1. The first-order valence-electron chi connectivity index (χ1n) is 11.4. The first kappa shape index (κ1) is 26.4. The summed E-state index contributed by atoms with van der Waals surface area (Å²) in [5.41, 5.74) is 0.000432. The quantitative estimate of drug-likeness (QED) is 0.439. The van der Waals surface area contributed by atoms with Gasteiger partial charge in [-0.3, -0.25) is 14.4 Å². The van der Waals surface area contributed by atoms with Gasteiger partial charge in [0.1, 0.15) is 10.8 Å². The second-order valence-electron chi connectivity index (χ2n) is 8.56. The third kappa shape index (κ3) is 6.17. The molecule has 4 rings (SSSR count). The van der Waals surface area contributed by atoms with Gasteiger partial charge >= 0.3 is 0 Å². The molecule has 196 valence electrons. The van der Waals surface area contributed by atoms with Gasteiger partial charge in [0.05, 0.1) is 47.9 Å². The van der Waals surface area contributed by atoms with Crippen LogP contribution in [-0.4, -0.2) is 94.4 Å². The number of halogens is 1. The van der Waals surface area contributed by atoms with Crippen LogP contribution in [0.3, 0.4) is 0 Å². The molecular formula is C22H27FN4O7S2. The van der Waals surface area contributed by atoms with Gasteiger partial charge in [0.25, 0.3) is 5.91 Å². The van der Waals surface area contributed by atoms with Crippen LogP contribution in [0.15, 0.2) is 12.1 Å². The lowest BCUT2D eigenvalue weighted by Gasteiger charge is -2.26. The average molecular weight is 543 g/mol. The molecule has 1 aliphatic heterocycles. The molecule has 1 unspecified atom stereocenters. The van der Waals surface area contributed by atoms with Crippen molar-refractivity contribution >= 4 is 49.1 Å². The van der Waals surface area contributed by atoms with Crippen molar-refractivity contribution in [3.63, 3.8) is 0 Å². The lowest BCUT2D eigenvalue weighted by Crippen LogP contribution is -2.42. The zero-order valence-corrected chi connectivity index (χ0v) is 21.3. The summed E-state index contributed by atoms with van der Waals surface area (Å²) in [4.78, 5) is 43.6. The Morgan fingerprint density at radius 3 is 2.67 bits per heavy atom. The number of carbonyl (C=O) groups excluding carboxylic acids is 3. The molecule has 14 heteroatoms. The van der Waals surface area contributed by atoms with Crippen molar-refractivity contribution in [1.82, 2.24) is 20.5 Å². The molecule has 2 N–H and O–H groups in total. The highest BCUT2D eigenvalue weighted by molar-refractivity contribution is 7.92. The predicted molar refractivity (Wildman–Crippen MR) is 129 cm³/mol. The first-order chi connectivity index (χ1) is 17.2. The van der Waals surface area contributed by atoms with Gasteiger partial charge in [-0.2, -0.15) is 0 Å². The fraction of sp³-hybridized carbons (Fsp3) is 0.545. The number of ether oxygens (including phenoxy) is 2. The zero-order valence-electron chi connectivity index (χ0n) is 19.6. The maximum Gasteiger partial charge on any atom is 0.257 e. The second kappa shape index (κ2) is 11.2. The standard InChI is InChI=1S/C22H27FN4O7S2/c1-33-8-9-36(31,32)19(20(29)24-12-18(28)25-13-2-3-13)21-26-16-10-14(15(23)11-17(16)35-21)22(30)27-4-6-34-7-5-27/h10-11,13,19H,2-9,12H2,1H3,(H,24,29)(H,25,28). The van der Waals surface area contributed by atoms with Crippen molar-refractivity contribution in [3.05, 3.63) is 28.5 Å². The third-order valence-electron chi connectivity index (χ3n) is 5.78. The van der Waals surface area contributed by atoms with Crippen LogP contribution in [0, 0.1) is 5.82 Å². The number of thiazole rings is 1. The molecule has 1 saturated heterocycles. The molecule has 0 bridgehead atoms. The Kier molecular flexibility index (Phi) is 8.17. The highest BCUT2D eigenvalue weighted by Crippen LogP contribution is 2.33. The van der Waals surface area contributed by atoms with Crippen LogP contribution >= 0.6 is 11.3 Å². The van der Waals surface area contributed by atoms with Gasteiger partial charge in [0.15, 0.2) is 15.1 Å². The van der Waals surface area contributed by atoms with Crippen LogP contribution in [-0.2, 0) is 28.9 Å². The van der Waals surface area contributed by atoms with E-state index in [4.69, 9.17) is 9.47 Å². The van der Waals surface area contributed by atoms with Crippen molar-refractivity contribution < 1.29 is 36.7 Å². The van der Waals surface area contributed by atoms with Gasteiger partial charge in [-0.25, -0.2) is 17.8 Å². The Morgan fingerprint density at radius 1 is 1.28 bits per heavy atom. The van der Waals surface area contributed by atoms with Crippen molar-refractivity contribution in [3.8, 4) is 0 Å². The Hall–Kier alpha value is -2.68. The number of hydrogen-bond acceptors (Lipinski definition) is 9. The van der Waals surface area contributed by atoms with Crippen LogP contribution in [0.4, 0.5) is 4.39 Å². The third-order valence-corrected chi connectivity index (χ3v) is 8.91. The highest BCUT2D eigenvalue weighted by atomic mass is 32.2. The summed E-state index contributed by atoms with van der Waals surface area (Å²) in [5, 5.41) is 3.28. The summed E-state index contributed by atoms with van der Waals surface area (Å²) in [6.07, 6.45) is 1.73. The summed E-state index contributed by atoms with van der Waals surface area (Å²) in [7, 11) is -2.77. The zero-order chi connectivity index (χ0) is 25.9. The molecule has 0 spiro atoms. The van der Waals surface area contributed by atoms with Gasteiger partial charge in [0.2, 0.25) is 11.8 Å². The molecule has 2 aromatic rings. The molecule has 11 nitrogen and oxygen atoms in total. The highest BCUT2D eigenvalue weighted by Gasteiger charge is 2.37. The number of nitrogens with one attached hydrogen (secondary N) is 2. The van der Waals surface area contributed by atoms with E-state index in [1.54, 1.807) is 0 Å². The number of nitrogens with zero attached hydrogens (tertiary/aromatic N) is 2. The van der Waals surface area contributed by atoms with Gasteiger partial charge < -0.3 is 25.0 Å². The molecule has 3 amide bonds. The largest absolute Gasteiger partial charge is 0.384 e. The lowest BCUT2D eigenvalue weighted by molar-refractivity contribution is -0.126. The summed E-state index contributed by atoms with van der Waals surface area (Å²) in [5.74, 6) is -3.08. The molecular weight excluding hydrogens is 515 g/mol. The number of aromatic nitrogens is 1. The van der Waals surface area contributed by atoms with E-state index in [0.29, 0.717) is 26.3 Å². The molecule has 36 heavy (non-hydrogen) atoms. The predicted octanol–water partition coefficient (Wildman–Crippen LogP) is 0.405. The molecule has 1 atom stereocenters. The topological polar surface area (TPSA) is 144 Å². The maximum absolute atomic E-state index is 14.9. The van der Waals surface area contributed by atoms with Crippen LogP contribution < -0.4 is 10.6 Å². The average Bonchev–Trinajstić information content (AvgIpc) is 3.58. The molecule has 2 fully saturated rings. The van der Waals surface area contributed by atoms with Gasteiger partial charge in [-0.05, 0) is 25.0 Å². The summed E-state index contributed by atoms with van der Waals surface area (Å²) >= 11 is 0.842. The van der Waals surface area contributed by atoms with Crippen molar-refractivity contribution in [1.29, 1.82) is 0 Å². The van der Waals surface area contributed by atoms with Gasteiger partial charge in [0, 0.05) is 26.2 Å². The van der Waals surface area contributed by atoms with Crippen LogP contribution in [0.5, 0.6) is 0 Å². The summed E-state index contributed by atoms with van der Waals surface area (Å²) < 4.78 is 51.4. The fourth-order valence-corrected chi connectivity index (χ4v) is 6.64. The monoisotopic (exact) mass is 542 g/mol. The van der Waals surface area contributed by atoms with Crippen molar-refractivity contribution in [2.75, 3.05) is 52.3 Å². The van der Waals surface area contributed by atoms with E-state index >= 15 is 0 Å². The smallest absolute Gasteiger partial charge is 0.257 e. The van der Waals surface area contributed by atoms with Crippen LogP contribution in [0.1, 0.15) is 33.5 Å². The Balaban J connectivity index is 1.62. The van der Waals surface area contributed by atoms with Crippen LogP contribution in [0.25, 0.3) is 10.2 Å². The minimum Gasteiger partial charge on any atom is -0.384 e. The van der Waals surface area contributed by atoms with Crippen molar-refractivity contribution in [2.24, 2.45) is 0 Å². The van der Waals surface area contributed by atoms with E-state index in [1.165, 1.54) is 18.1 Å². The number of morpholine rings is 1. The van der Waals surface area contributed by atoms with E-state index in [2.05, 4.69) is 15.6 Å². The SMILES string of the molecule is COCCS(=O)(=O)C(C(=O)NCC(=O)NC1CC1)c1nc2cc(C(=O)N3CCOCC3)c(F)cc2s1. The molecule has 0 radical (unpaired) electrons. The van der Waals surface area contributed by atoms with E-state index in [9.17, 15) is 27.2 Å². The fourth-order valence-electron chi connectivity index (χ4n) is 3.69. The lowest BCUT2D eigenvalue weighted by atomic mass is 10.1. The first-order valence-corrected chi connectivity index (χ1v) is 14.0. The van der Waals surface area contributed by atoms with Gasteiger partial charge in [-0.15, -0.1) is 11.3 Å². The molecule has 1 aromatic heterocycles. The summed E-state index contributed by atoms with van der Waals surface area (Å²) in [6, 6.07) is 2.47. The molecule has 1 saturated carbocycles. The number of carbonyl (C=O) groups is 3. The molecule has 2 heterocycles. The van der Waals surface area contributed by atoms with Crippen molar-refractivity contribution in [2.45, 2.75) is 24.1 Å².